The Kier molecular flexibility index (Phi) is 4.99. The van der Waals surface area contributed by atoms with Gasteiger partial charge in [0.15, 0.2) is 0 Å². The molecule has 3 aromatic rings. The first-order chi connectivity index (χ1) is 12.2. The predicted octanol–water partition coefficient (Wildman–Crippen LogP) is 4.03. The van der Waals surface area contributed by atoms with Gasteiger partial charge in [0.1, 0.15) is 11.5 Å². The van der Waals surface area contributed by atoms with E-state index in [0.29, 0.717) is 18.2 Å². The number of rotatable bonds is 5. The van der Waals surface area contributed by atoms with Crippen LogP contribution in [0.5, 0.6) is 0 Å². The van der Waals surface area contributed by atoms with Crippen LogP contribution in [-0.4, -0.2) is 22.4 Å². The molecule has 0 spiro atoms. The second-order valence-corrected chi connectivity index (χ2v) is 5.28. The molecule has 6 heteroatoms. The lowest BCUT2D eigenvalue weighted by atomic mass is 10.3. The first-order valence-corrected chi connectivity index (χ1v) is 7.90. The van der Waals surface area contributed by atoms with Crippen LogP contribution in [0.3, 0.4) is 0 Å². The summed E-state index contributed by atoms with van der Waals surface area (Å²) in [6.07, 6.45) is 1.55. The number of para-hydroxylation sites is 1. The fraction of sp³-hybridized carbons (Fsp3) is 0.105. The number of benzene rings is 2. The third-order valence-corrected chi connectivity index (χ3v) is 3.60. The summed E-state index contributed by atoms with van der Waals surface area (Å²) in [5.41, 5.74) is 1.69. The molecule has 0 bridgehead atoms. The largest absolute Gasteiger partial charge is 0.321 e. The second kappa shape index (κ2) is 7.53. The number of nitrogens with zero attached hydrogens (tertiary/aromatic N) is 3. The number of nitrogens with one attached hydrogen (secondary N) is 1. The number of halogens is 1. The summed E-state index contributed by atoms with van der Waals surface area (Å²) in [5, 5.41) is 2.69. The van der Waals surface area contributed by atoms with Crippen molar-refractivity contribution in [1.82, 2.24) is 9.97 Å². The van der Waals surface area contributed by atoms with Crippen molar-refractivity contribution in [1.29, 1.82) is 0 Å². The molecule has 0 fully saturated rings. The monoisotopic (exact) mass is 336 g/mol. The van der Waals surface area contributed by atoms with Gasteiger partial charge in [0, 0.05) is 24.1 Å². The quantitative estimate of drug-likeness (QED) is 0.764. The number of hydrogen-bond acceptors (Lipinski definition) is 4. The standard InChI is InChI=1S/C19H17FN4O/c1-2-24(16-6-4-3-5-7-16)19-21-13-12-17(23-19)18(25)22-15-10-8-14(20)9-11-15/h3-13H,2H2,1H3,(H,22,25). The molecule has 0 unspecified atom stereocenters. The van der Waals surface area contributed by atoms with Crippen molar-refractivity contribution >= 4 is 23.2 Å². The Morgan fingerprint density at radius 1 is 1.08 bits per heavy atom. The van der Waals surface area contributed by atoms with E-state index in [9.17, 15) is 9.18 Å². The van der Waals surface area contributed by atoms with Gasteiger partial charge in [-0.25, -0.2) is 14.4 Å². The first kappa shape index (κ1) is 16.6. The summed E-state index contributed by atoms with van der Waals surface area (Å²) >= 11 is 0. The second-order valence-electron chi connectivity index (χ2n) is 5.28. The van der Waals surface area contributed by atoms with E-state index in [4.69, 9.17) is 0 Å². The third-order valence-electron chi connectivity index (χ3n) is 3.60. The van der Waals surface area contributed by atoms with Gasteiger partial charge in [0.05, 0.1) is 0 Å². The Hall–Kier alpha value is -3.28. The number of carbonyl (C=O) groups excluding carboxylic acids is 1. The minimum atomic E-state index is -0.376. The smallest absolute Gasteiger partial charge is 0.274 e. The van der Waals surface area contributed by atoms with Crippen LogP contribution in [0.1, 0.15) is 17.4 Å². The van der Waals surface area contributed by atoms with Crippen molar-refractivity contribution in [2.75, 3.05) is 16.8 Å². The van der Waals surface area contributed by atoms with E-state index in [0.717, 1.165) is 5.69 Å². The van der Waals surface area contributed by atoms with Gasteiger partial charge >= 0.3 is 0 Å². The van der Waals surface area contributed by atoms with Crippen molar-refractivity contribution in [2.45, 2.75) is 6.92 Å². The molecule has 5 nitrogen and oxygen atoms in total. The number of amides is 1. The molecule has 0 radical (unpaired) electrons. The number of aromatic nitrogens is 2. The lowest BCUT2D eigenvalue weighted by Gasteiger charge is -2.21. The third kappa shape index (κ3) is 3.98. The highest BCUT2D eigenvalue weighted by Crippen LogP contribution is 2.21. The number of anilines is 3. The van der Waals surface area contributed by atoms with Crippen LogP contribution in [0.25, 0.3) is 0 Å². The Bertz CT molecular complexity index is 853. The highest BCUT2D eigenvalue weighted by Gasteiger charge is 2.14. The normalized spacial score (nSPS) is 10.3. The molecular formula is C19H17FN4O. The molecule has 25 heavy (non-hydrogen) atoms. The zero-order chi connectivity index (χ0) is 17.6. The van der Waals surface area contributed by atoms with E-state index in [1.807, 2.05) is 42.2 Å². The van der Waals surface area contributed by atoms with Gasteiger partial charge in [-0.15, -0.1) is 0 Å². The van der Waals surface area contributed by atoms with E-state index in [2.05, 4.69) is 15.3 Å². The highest BCUT2D eigenvalue weighted by atomic mass is 19.1. The van der Waals surface area contributed by atoms with Crippen LogP contribution in [0.15, 0.2) is 66.9 Å². The summed E-state index contributed by atoms with van der Waals surface area (Å²) in [6, 6.07) is 16.8. The van der Waals surface area contributed by atoms with Crippen molar-refractivity contribution in [3.63, 3.8) is 0 Å². The average Bonchev–Trinajstić information content (AvgIpc) is 2.65. The van der Waals surface area contributed by atoms with E-state index in [-0.39, 0.29) is 17.4 Å². The van der Waals surface area contributed by atoms with Gasteiger partial charge in [0.25, 0.3) is 5.91 Å². The van der Waals surface area contributed by atoms with E-state index >= 15 is 0 Å². The number of hydrogen-bond donors (Lipinski definition) is 1. The topological polar surface area (TPSA) is 58.1 Å². The fourth-order valence-electron chi connectivity index (χ4n) is 2.38. The lowest BCUT2D eigenvalue weighted by Crippen LogP contribution is -2.21. The summed E-state index contributed by atoms with van der Waals surface area (Å²) in [7, 11) is 0. The SMILES string of the molecule is CCN(c1ccccc1)c1nccc(C(=O)Nc2ccc(F)cc2)n1. The zero-order valence-corrected chi connectivity index (χ0v) is 13.7. The molecule has 1 amide bonds. The molecule has 2 aromatic carbocycles. The van der Waals surface area contributed by atoms with Gasteiger partial charge in [-0.1, -0.05) is 18.2 Å². The minimum absolute atomic E-state index is 0.240. The molecule has 3 rings (SSSR count). The Labute approximate surface area is 145 Å². The van der Waals surface area contributed by atoms with Crippen LogP contribution in [0, 0.1) is 5.82 Å². The molecule has 1 N–H and O–H groups in total. The maximum atomic E-state index is 13.0. The first-order valence-electron chi connectivity index (χ1n) is 7.90. The van der Waals surface area contributed by atoms with Gasteiger partial charge in [-0.2, -0.15) is 0 Å². The van der Waals surface area contributed by atoms with E-state index < -0.39 is 0 Å². The molecule has 0 saturated carbocycles. The lowest BCUT2D eigenvalue weighted by molar-refractivity contribution is 0.102. The van der Waals surface area contributed by atoms with Crippen LogP contribution >= 0.6 is 0 Å². The van der Waals surface area contributed by atoms with Crippen LogP contribution in [0.4, 0.5) is 21.7 Å². The fourth-order valence-corrected chi connectivity index (χ4v) is 2.38. The maximum Gasteiger partial charge on any atom is 0.274 e. The van der Waals surface area contributed by atoms with Crippen molar-refractivity contribution in [2.24, 2.45) is 0 Å². The molecule has 126 valence electrons. The van der Waals surface area contributed by atoms with Crippen LogP contribution in [-0.2, 0) is 0 Å². The van der Waals surface area contributed by atoms with E-state index in [1.165, 1.54) is 24.3 Å². The highest BCUT2D eigenvalue weighted by molar-refractivity contribution is 6.03. The van der Waals surface area contributed by atoms with Crippen LogP contribution < -0.4 is 10.2 Å². The van der Waals surface area contributed by atoms with Crippen molar-refractivity contribution < 1.29 is 9.18 Å². The maximum absolute atomic E-state index is 13.0. The van der Waals surface area contributed by atoms with Gasteiger partial charge in [-0.05, 0) is 49.4 Å². The summed E-state index contributed by atoms with van der Waals surface area (Å²) in [4.78, 5) is 22.9. The molecule has 0 atom stereocenters. The zero-order valence-electron chi connectivity index (χ0n) is 13.7. The van der Waals surface area contributed by atoms with Crippen molar-refractivity contribution in [3.8, 4) is 0 Å². The molecular weight excluding hydrogens is 319 g/mol. The minimum Gasteiger partial charge on any atom is -0.321 e. The number of carbonyl (C=O) groups is 1. The molecule has 0 saturated heterocycles. The molecule has 0 aliphatic rings. The van der Waals surface area contributed by atoms with Gasteiger partial charge in [-0.3, -0.25) is 4.79 Å². The summed E-state index contributed by atoms with van der Waals surface area (Å²) < 4.78 is 13.0. The predicted molar refractivity (Wildman–Crippen MR) is 95.5 cm³/mol. The van der Waals surface area contributed by atoms with Gasteiger partial charge in [0.2, 0.25) is 5.95 Å². The molecule has 0 aliphatic carbocycles. The molecule has 0 aliphatic heterocycles. The van der Waals surface area contributed by atoms with Gasteiger partial charge < -0.3 is 10.2 Å². The average molecular weight is 336 g/mol. The molecule has 1 heterocycles. The van der Waals surface area contributed by atoms with E-state index in [1.54, 1.807) is 12.3 Å². The Balaban J connectivity index is 1.83. The van der Waals surface area contributed by atoms with Crippen LogP contribution in [0.2, 0.25) is 0 Å². The summed E-state index contributed by atoms with van der Waals surface area (Å²) in [5.74, 6) is -0.288. The summed E-state index contributed by atoms with van der Waals surface area (Å²) in [6.45, 7) is 2.65. The Morgan fingerprint density at radius 3 is 2.48 bits per heavy atom. The Morgan fingerprint density at radius 2 is 1.80 bits per heavy atom. The van der Waals surface area contributed by atoms with Crippen molar-refractivity contribution in [3.05, 3.63) is 78.4 Å². The molecule has 1 aromatic heterocycles.